The second-order valence-corrected chi connectivity index (χ2v) is 8.11. The molecular formula is C20H17ClO3S. The van der Waals surface area contributed by atoms with Crippen molar-refractivity contribution < 1.29 is 13.2 Å². The number of halogens is 1. The van der Waals surface area contributed by atoms with Gasteiger partial charge < -0.3 is 4.74 Å². The summed E-state index contributed by atoms with van der Waals surface area (Å²) in [5, 5.41) is -0.591. The van der Waals surface area contributed by atoms with Crippen LogP contribution in [0.2, 0.25) is 0 Å². The highest BCUT2D eigenvalue weighted by Crippen LogP contribution is 2.27. The van der Waals surface area contributed by atoms with Gasteiger partial charge in [0, 0.05) is 0 Å². The molecular weight excluding hydrogens is 356 g/mol. The van der Waals surface area contributed by atoms with Crippen LogP contribution in [0.4, 0.5) is 0 Å². The second kappa shape index (κ2) is 7.72. The van der Waals surface area contributed by atoms with Gasteiger partial charge in [-0.15, -0.1) is 11.6 Å². The van der Waals surface area contributed by atoms with Crippen molar-refractivity contribution in [1.29, 1.82) is 0 Å². The zero-order chi connectivity index (χ0) is 17.7. The third-order valence-corrected chi connectivity index (χ3v) is 6.04. The van der Waals surface area contributed by atoms with Crippen LogP contribution >= 0.6 is 11.6 Å². The van der Waals surface area contributed by atoms with E-state index in [1.54, 1.807) is 24.3 Å². The molecule has 0 aliphatic heterocycles. The van der Waals surface area contributed by atoms with Crippen molar-refractivity contribution in [3.8, 4) is 11.5 Å². The van der Waals surface area contributed by atoms with Gasteiger partial charge in [-0.25, -0.2) is 8.42 Å². The molecule has 3 nitrogen and oxygen atoms in total. The molecule has 0 heterocycles. The van der Waals surface area contributed by atoms with E-state index in [2.05, 4.69) is 0 Å². The monoisotopic (exact) mass is 372 g/mol. The van der Waals surface area contributed by atoms with Crippen LogP contribution in [0.15, 0.2) is 89.8 Å². The fraction of sp³-hybridized carbons (Fsp3) is 0.100. The Morgan fingerprint density at radius 1 is 0.760 bits per heavy atom. The van der Waals surface area contributed by atoms with E-state index in [0.717, 1.165) is 5.56 Å². The number of hydrogen-bond donors (Lipinski definition) is 0. The topological polar surface area (TPSA) is 43.4 Å². The Balaban J connectivity index is 1.72. The van der Waals surface area contributed by atoms with E-state index < -0.39 is 15.2 Å². The fourth-order valence-electron chi connectivity index (χ4n) is 2.39. The quantitative estimate of drug-likeness (QED) is 0.556. The lowest BCUT2D eigenvalue weighted by molar-refractivity contribution is 0.482. The molecule has 0 N–H and O–H groups in total. The number of hydrogen-bond acceptors (Lipinski definition) is 3. The van der Waals surface area contributed by atoms with Crippen LogP contribution in [-0.4, -0.2) is 14.2 Å². The van der Waals surface area contributed by atoms with Crippen molar-refractivity contribution >= 4 is 21.4 Å². The van der Waals surface area contributed by atoms with Gasteiger partial charge in [-0.1, -0.05) is 48.5 Å². The third kappa shape index (κ3) is 4.62. The first-order chi connectivity index (χ1) is 12.0. The molecule has 0 aliphatic carbocycles. The van der Waals surface area contributed by atoms with Gasteiger partial charge >= 0.3 is 0 Å². The van der Waals surface area contributed by atoms with Crippen molar-refractivity contribution in [2.24, 2.45) is 0 Å². The fourth-order valence-corrected chi connectivity index (χ4v) is 4.35. The minimum Gasteiger partial charge on any atom is -0.457 e. The molecule has 3 aromatic carbocycles. The summed E-state index contributed by atoms with van der Waals surface area (Å²) in [7, 11) is -3.48. The van der Waals surface area contributed by atoms with E-state index in [1.165, 1.54) is 0 Å². The Labute approximate surface area is 152 Å². The molecule has 0 aliphatic rings. The summed E-state index contributed by atoms with van der Waals surface area (Å²) in [4.78, 5) is 0.231. The lowest BCUT2D eigenvalue weighted by Crippen LogP contribution is -2.11. The van der Waals surface area contributed by atoms with Crippen LogP contribution in [0.5, 0.6) is 11.5 Å². The molecule has 0 amide bonds. The first-order valence-electron chi connectivity index (χ1n) is 7.79. The van der Waals surface area contributed by atoms with Gasteiger partial charge in [0.15, 0.2) is 9.84 Å². The van der Waals surface area contributed by atoms with Crippen molar-refractivity contribution in [3.05, 3.63) is 90.5 Å². The van der Waals surface area contributed by atoms with Gasteiger partial charge in [-0.05, 0) is 42.0 Å². The minimum atomic E-state index is -3.48. The zero-order valence-electron chi connectivity index (χ0n) is 13.4. The number of para-hydroxylation sites is 1. The van der Waals surface area contributed by atoms with Crippen molar-refractivity contribution in [2.45, 2.75) is 10.3 Å². The molecule has 25 heavy (non-hydrogen) atoms. The van der Waals surface area contributed by atoms with E-state index >= 15 is 0 Å². The van der Waals surface area contributed by atoms with Crippen molar-refractivity contribution in [1.82, 2.24) is 0 Å². The van der Waals surface area contributed by atoms with E-state index in [1.807, 2.05) is 60.7 Å². The van der Waals surface area contributed by atoms with Gasteiger partial charge in [0.05, 0.1) is 16.0 Å². The number of rotatable bonds is 6. The molecule has 0 fully saturated rings. The maximum absolute atomic E-state index is 12.6. The van der Waals surface area contributed by atoms with Crippen LogP contribution < -0.4 is 4.74 Å². The SMILES string of the molecule is O=S(=O)(C[C@@H](Cl)c1ccccc1)c1ccc(Oc2ccccc2)cc1. The number of benzene rings is 3. The van der Waals surface area contributed by atoms with Gasteiger partial charge in [0.1, 0.15) is 11.5 Å². The van der Waals surface area contributed by atoms with Gasteiger partial charge in [-0.2, -0.15) is 0 Å². The molecule has 3 aromatic rings. The van der Waals surface area contributed by atoms with Crippen LogP contribution in [-0.2, 0) is 9.84 Å². The van der Waals surface area contributed by atoms with Crippen molar-refractivity contribution in [3.63, 3.8) is 0 Å². The number of sulfone groups is 1. The van der Waals surface area contributed by atoms with Crippen LogP contribution in [0, 0.1) is 0 Å². The first-order valence-corrected chi connectivity index (χ1v) is 9.88. The Morgan fingerprint density at radius 2 is 1.28 bits per heavy atom. The van der Waals surface area contributed by atoms with Gasteiger partial charge in [-0.3, -0.25) is 0 Å². The lowest BCUT2D eigenvalue weighted by Gasteiger charge is -2.11. The summed E-state index contributed by atoms with van der Waals surface area (Å²) < 4.78 is 30.8. The maximum Gasteiger partial charge on any atom is 0.180 e. The molecule has 5 heteroatoms. The first kappa shape index (κ1) is 17.5. The molecule has 0 spiro atoms. The molecule has 0 bridgehead atoms. The zero-order valence-corrected chi connectivity index (χ0v) is 15.0. The summed E-state index contributed by atoms with van der Waals surface area (Å²) in [6.45, 7) is 0. The molecule has 0 aromatic heterocycles. The number of alkyl halides is 1. The maximum atomic E-state index is 12.6. The normalized spacial score (nSPS) is 12.5. The van der Waals surface area contributed by atoms with E-state index in [9.17, 15) is 8.42 Å². The van der Waals surface area contributed by atoms with Crippen LogP contribution in [0.25, 0.3) is 0 Å². The molecule has 0 radical (unpaired) electrons. The molecule has 0 saturated carbocycles. The second-order valence-electron chi connectivity index (χ2n) is 5.55. The summed E-state index contributed by atoms with van der Waals surface area (Å²) in [5.41, 5.74) is 0.789. The Bertz CT molecular complexity index is 908. The largest absolute Gasteiger partial charge is 0.457 e. The van der Waals surface area contributed by atoms with E-state index in [4.69, 9.17) is 16.3 Å². The van der Waals surface area contributed by atoms with Crippen LogP contribution in [0.3, 0.4) is 0 Å². The lowest BCUT2D eigenvalue weighted by atomic mass is 10.2. The Morgan fingerprint density at radius 3 is 1.88 bits per heavy atom. The van der Waals surface area contributed by atoms with Gasteiger partial charge in [0.2, 0.25) is 0 Å². The summed E-state index contributed by atoms with van der Waals surface area (Å²) in [5.74, 6) is 1.12. The summed E-state index contributed by atoms with van der Waals surface area (Å²) >= 11 is 6.28. The highest BCUT2D eigenvalue weighted by atomic mass is 35.5. The van der Waals surface area contributed by atoms with Gasteiger partial charge in [0.25, 0.3) is 0 Å². The Kier molecular flexibility index (Phi) is 5.41. The minimum absolute atomic E-state index is 0.155. The predicted molar refractivity (Wildman–Crippen MR) is 100 cm³/mol. The summed E-state index contributed by atoms with van der Waals surface area (Å²) in [6.07, 6.45) is 0. The smallest absolute Gasteiger partial charge is 0.180 e. The standard InChI is InChI=1S/C20H17ClO3S/c21-20(16-7-3-1-4-8-16)15-25(22,23)19-13-11-18(12-14-19)24-17-9-5-2-6-10-17/h1-14,20H,15H2/t20-/m1/s1. The highest BCUT2D eigenvalue weighted by Gasteiger charge is 2.21. The van der Waals surface area contributed by atoms with Crippen LogP contribution in [0.1, 0.15) is 10.9 Å². The molecule has 0 saturated heterocycles. The molecule has 1 atom stereocenters. The molecule has 0 unspecified atom stereocenters. The molecule has 128 valence electrons. The third-order valence-electron chi connectivity index (χ3n) is 3.69. The van der Waals surface area contributed by atoms with E-state index in [0.29, 0.717) is 11.5 Å². The average Bonchev–Trinajstić information content (AvgIpc) is 2.63. The van der Waals surface area contributed by atoms with E-state index in [-0.39, 0.29) is 10.6 Å². The predicted octanol–water partition coefficient (Wildman–Crippen LogP) is 5.23. The average molecular weight is 373 g/mol. The molecule has 3 rings (SSSR count). The van der Waals surface area contributed by atoms with Crippen molar-refractivity contribution in [2.75, 3.05) is 5.75 Å². The number of ether oxygens (including phenoxy) is 1. The Hall–Kier alpha value is -2.30. The summed E-state index contributed by atoms with van der Waals surface area (Å²) in [6, 6.07) is 24.9. The highest BCUT2D eigenvalue weighted by molar-refractivity contribution is 7.91.